The highest BCUT2D eigenvalue weighted by atomic mass is 16.5. The summed E-state index contributed by atoms with van der Waals surface area (Å²) in [7, 11) is 2.06. The van der Waals surface area contributed by atoms with Crippen molar-refractivity contribution in [3.8, 4) is 0 Å². The van der Waals surface area contributed by atoms with E-state index in [9.17, 15) is 9.59 Å². The van der Waals surface area contributed by atoms with Gasteiger partial charge in [0.05, 0.1) is 12.7 Å². The van der Waals surface area contributed by atoms with Gasteiger partial charge >= 0.3 is 0 Å². The topological polar surface area (TPSA) is 61.9 Å². The van der Waals surface area contributed by atoms with Crippen LogP contribution in [0.2, 0.25) is 0 Å². The van der Waals surface area contributed by atoms with E-state index in [4.69, 9.17) is 4.74 Å². The van der Waals surface area contributed by atoms with Crippen LogP contribution >= 0.6 is 0 Å². The summed E-state index contributed by atoms with van der Waals surface area (Å²) in [6.07, 6.45) is 0.413. The number of nitrogens with one attached hydrogen (secondary N) is 1. The van der Waals surface area contributed by atoms with Gasteiger partial charge in [-0.05, 0) is 13.0 Å². The largest absolute Gasteiger partial charge is 0.374 e. The number of hydrogen-bond donors (Lipinski definition) is 1. The van der Waals surface area contributed by atoms with Gasteiger partial charge in [-0.25, -0.2) is 0 Å². The first-order valence-corrected chi connectivity index (χ1v) is 7.35. The molecule has 2 atom stereocenters. The van der Waals surface area contributed by atoms with Crippen molar-refractivity contribution in [3.63, 3.8) is 0 Å². The first-order valence-electron chi connectivity index (χ1n) is 7.35. The first-order chi connectivity index (χ1) is 9.47. The third-order valence-electron chi connectivity index (χ3n) is 3.94. The van der Waals surface area contributed by atoms with E-state index in [0.29, 0.717) is 26.1 Å². The zero-order valence-electron chi connectivity index (χ0n) is 12.6. The Kier molecular flexibility index (Phi) is 4.99. The van der Waals surface area contributed by atoms with Crippen molar-refractivity contribution in [2.45, 2.75) is 32.4 Å². The molecule has 2 rings (SSSR count). The molecule has 1 N–H and O–H groups in total. The average molecular weight is 283 g/mol. The lowest BCUT2D eigenvalue weighted by Gasteiger charge is -2.34. The normalized spacial score (nSPS) is 29.5. The number of ether oxygens (including phenoxy) is 1. The molecule has 2 amide bonds. The lowest BCUT2D eigenvalue weighted by Crippen LogP contribution is -2.52. The summed E-state index contributed by atoms with van der Waals surface area (Å²) in [6, 6.07) is -0.411. The van der Waals surface area contributed by atoms with E-state index in [2.05, 4.69) is 17.3 Å². The maximum absolute atomic E-state index is 12.5. The molecule has 0 aliphatic carbocycles. The number of morpholine rings is 1. The summed E-state index contributed by atoms with van der Waals surface area (Å²) in [5.74, 6) is 0.0749. The molecule has 20 heavy (non-hydrogen) atoms. The second-order valence-electron chi connectivity index (χ2n) is 6.08. The molecule has 0 aromatic rings. The summed E-state index contributed by atoms with van der Waals surface area (Å²) in [6.45, 7) is 7.43. The molecule has 2 aliphatic rings. The molecule has 0 saturated carbocycles. The van der Waals surface area contributed by atoms with Crippen LogP contribution in [-0.4, -0.2) is 73.6 Å². The van der Waals surface area contributed by atoms with Gasteiger partial charge in [0.2, 0.25) is 11.8 Å². The third-order valence-corrected chi connectivity index (χ3v) is 3.94. The Labute approximate surface area is 120 Å². The smallest absolute Gasteiger partial charge is 0.245 e. The summed E-state index contributed by atoms with van der Waals surface area (Å²) >= 11 is 0. The fourth-order valence-corrected chi connectivity index (χ4v) is 2.71. The summed E-state index contributed by atoms with van der Waals surface area (Å²) < 4.78 is 5.72. The summed E-state index contributed by atoms with van der Waals surface area (Å²) in [5, 5.41) is 2.82. The molecular formula is C14H25N3O3. The molecule has 2 fully saturated rings. The predicted octanol–water partition coefficient (Wildman–Crippen LogP) is -0.310. The maximum Gasteiger partial charge on any atom is 0.245 e. The van der Waals surface area contributed by atoms with Crippen molar-refractivity contribution in [1.82, 2.24) is 15.1 Å². The van der Waals surface area contributed by atoms with Gasteiger partial charge < -0.3 is 19.9 Å². The zero-order chi connectivity index (χ0) is 14.7. The van der Waals surface area contributed by atoms with Crippen LogP contribution in [0, 0.1) is 5.92 Å². The number of carbonyl (C=O) groups excluding carboxylic acids is 2. The molecule has 0 radical (unpaired) electrons. The Morgan fingerprint density at radius 3 is 2.75 bits per heavy atom. The molecule has 2 heterocycles. The van der Waals surface area contributed by atoms with E-state index < -0.39 is 6.04 Å². The number of likely N-dealkylation sites (N-methyl/N-ethyl adjacent to an activating group) is 1. The van der Waals surface area contributed by atoms with E-state index in [0.717, 1.165) is 13.1 Å². The maximum atomic E-state index is 12.5. The molecule has 0 spiro atoms. The Morgan fingerprint density at radius 1 is 1.35 bits per heavy atom. The zero-order valence-corrected chi connectivity index (χ0v) is 12.6. The number of carbonyl (C=O) groups is 2. The van der Waals surface area contributed by atoms with Crippen molar-refractivity contribution in [2.75, 3.05) is 39.8 Å². The van der Waals surface area contributed by atoms with Crippen LogP contribution in [0.4, 0.5) is 0 Å². The minimum atomic E-state index is -0.411. The average Bonchev–Trinajstić information content (AvgIpc) is 2.52. The van der Waals surface area contributed by atoms with Crippen LogP contribution in [-0.2, 0) is 14.3 Å². The molecule has 0 aromatic heterocycles. The number of hydrogen-bond acceptors (Lipinski definition) is 4. The van der Waals surface area contributed by atoms with E-state index >= 15 is 0 Å². The van der Waals surface area contributed by atoms with Gasteiger partial charge in [-0.2, -0.15) is 0 Å². The van der Waals surface area contributed by atoms with Crippen LogP contribution in [0.1, 0.15) is 20.3 Å². The van der Waals surface area contributed by atoms with E-state index in [-0.39, 0.29) is 23.8 Å². The number of nitrogens with zero attached hydrogens (tertiary/aromatic N) is 2. The molecule has 2 unspecified atom stereocenters. The minimum Gasteiger partial charge on any atom is -0.374 e. The van der Waals surface area contributed by atoms with Crippen molar-refractivity contribution >= 4 is 11.8 Å². The highest BCUT2D eigenvalue weighted by Crippen LogP contribution is 2.13. The van der Waals surface area contributed by atoms with Gasteiger partial charge in [0, 0.05) is 32.6 Å². The van der Waals surface area contributed by atoms with Crippen LogP contribution < -0.4 is 5.32 Å². The Bertz CT molecular complexity index is 373. The van der Waals surface area contributed by atoms with Crippen molar-refractivity contribution in [2.24, 2.45) is 5.92 Å². The molecule has 2 aliphatic heterocycles. The quantitative estimate of drug-likeness (QED) is 0.772. The van der Waals surface area contributed by atoms with Gasteiger partial charge in [0.15, 0.2) is 0 Å². The highest BCUT2D eigenvalue weighted by molar-refractivity contribution is 5.90. The van der Waals surface area contributed by atoms with Crippen LogP contribution in [0.15, 0.2) is 0 Å². The Morgan fingerprint density at radius 2 is 2.10 bits per heavy atom. The summed E-state index contributed by atoms with van der Waals surface area (Å²) in [5.41, 5.74) is 0. The monoisotopic (exact) mass is 283 g/mol. The van der Waals surface area contributed by atoms with Crippen molar-refractivity contribution in [1.29, 1.82) is 0 Å². The van der Waals surface area contributed by atoms with Crippen molar-refractivity contribution in [3.05, 3.63) is 0 Å². The fraction of sp³-hybridized carbons (Fsp3) is 0.857. The van der Waals surface area contributed by atoms with E-state index in [1.54, 1.807) is 4.90 Å². The second kappa shape index (κ2) is 6.54. The molecular weight excluding hydrogens is 258 g/mol. The van der Waals surface area contributed by atoms with Crippen molar-refractivity contribution < 1.29 is 14.3 Å². The highest BCUT2D eigenvalue weighted by Gasteiger charge is 2.33. The molecule has 6 nitrogen and oxygen atoms in total. The van der Waals surface area contributed by atoms with E-state index in [1.165, 1.54) is 0 Å². The Hall–Kier alpha value is -1.14. The standard InChI is InChI=1S/C14H25N3O3/c1-10(2)13-14(19)17(5-4-12(18)15-13)9-11-8-16(3)6-7-20-11/h10-11,13H,4-9H2,1-3H3,(H,15,18). The van der Waals surface area contributed by atoms with Crippen LogP contribution in [0.25, 0.3) is 0 Å². The minimum absolute atomic E-state index is 0.0164. The van der Waals surface area contributed by atoms with Gasteiger partial charge in [0.1, 0.15) is 6.04 Å². The summed E-state index contributed by atoms with van der Waals surface area (Å²) in [4.78, 5) is 28.2. The predicted molar refractivity (Wildman–Crippen MR) is 75.2 cm³/mol. The molecule has 114 valence electrons. The third kappa shape index (κ3) is 3.70. The van der Waals surface area contributed by atoms with Crippen LogP contribution in [0.5, 0.6) is 0 Å². The Balaban J connectivity index is 2.01. The molecule has 2 saturated heterocycles. The fourth-order valence-electron chi connectivity index (χ4n) is 2.71. The SMILES string of the molecule is CC(C)C1NC(=O)CCN(CC2CN(C)CCO2)C1=O. The van der Waals surface area contributed by atoms with Gasteiger partial charge in [-0.15, -0.1) is 0 Å². The van der Waals surface area contributed by atoms with Gasteiger partial charge in [0.25, 0.3) is 0 Å². The molecule has 6 heteroatoms. The van der Waals surface area contributed by atoms with E-state index in [1.807, 2.05) is 13.8 Å². The van der Waals surface area contributed by atoms with Gasteiger partial charge in [-0.1, -0.05) is 13.8 Å². The molecule has 0 aromatic carbocycles. The second-order valence-corrected chi connectivity index (χ2v) is 6.08. The van der Waals surface area contributed by atoms with Gasteiger partial charge in [-0.3, -0.25) is 9.59 Å². The lowest BCUT2D eigenvalue weighted by molar-refractivity contribution is -0.137. The number of amides is 2. The first kappa shape index (κ1) is 15.3. The lowest BCUT2D eigenvalue weighted by atomic mass is 10.0. The number of rotatable bonds is 3. The van der Waals surface area contributed by atoms with Crippen LogP contribution in [0.3, 0.4) is 0 Å². The molecule has 0 bridgehead atoms.